The highest BCUT2D eigenvalue weighted by Gasteiger charge is 2.19. The molecule has 0 aliphatic carbocycles. The standard InChI is InChI=1S/C10H14ClN3/c1-14-5-3-8(7-14)13-10-2-4-12-6-9(10)11/h2,4,6,8H,3,5,7H2,1H3,(H,12,13). The van der Waals surface area contributed by atoms with E-state index < -0.39 is 0 Å². The second-order valence-corrected chi connectivity index (χ2v) is 4.15. The predicted molar refractivity (Wildman–Crippen MR) is 58.8 cm³/mol. The molecule has 0 radical (unpaired) electrons. The highest BCUT2D eigenvalue weighted by molar-refractivity contribution is 6.33. The molecular weight excluding hydrogens is 198 g/mol. The molecule has 0 spiro atoms. The number of halogens is 1. The van der Waals surface area contributed by atoms with Crippen LogP contribution in [0.5, 0.6) is 0 Å². The van der Waals surface area contributed by atoms with Crippen molar-refractivity contribution in [2.24, 2.45) is 0 Å². The van der Waals surface area contributed by atoms with Gasteiger partial charge in [0.25, 0.3) is 0 Å². The minimum Gasteiger partial charge on any atom is -0.380 e. The summed E-state index contributed by atoms with van der Waals surface area (Å²) in [6.07, 6.45) is 4.60. The molecule has 1 atom stereocenters. The molecule has 1 unspecified atom stereocenters. The van der Waals surface area contributed by atoms with Gasteiger partial charge in [-0.3, -0.25) is 4.98 Å². The molecule has 2 rings (SSSR count). The van der Waals surface area contributed by atoms with E-state index in [1.165, 1.54) is 6.42 Å². The molecule has 1 fully saturated rings. The average molecular weight is 212 g/mol. The fourth-order valence-electron chi connectivity index (χ4n) is 1.76. The van der Waals surface area contributed by atoms with E-state index in [1.807, 2.05) is 6.07 Å². The van der Waals surface area contributed by atoms with Crippen LogP contribution in [0.3, 0.4) is 0 Å². The number of nitrogens with one attached hydrogen (secondary N) is 1. The Kier molecular flexibility index (Phi) is 2.89. The van der Waals surface area contributed by atoms with Crippen LogP contribution in [0.1, 0.15) is 6.42 Å². The zero-order valence-electron chi connectivity index (χ0n) is 8.20. The number of likely N-dealkylation sites (tertiary alicyclic amines) is 1. The van der Waals surface area contributed by atoms with Gasteiger partial charge in [0.1, 0.15) is 0 Å². The number of hydrogen-bond acceptors (Lipinski definition) is 3. The number of hydrogen-bond donors (Lipinski definition) is 1. The van der Waals surface area contributed by atoms with Gasteiger partial charge >= 0.3 is 0 Å². The third-order valence-electron chi connectivity index (χ3n) is 2.52. The summed E-state index contributed by atoms with van der Waals surface area (Å²) in [5.74, 6) is 0. The van der Waals surface area contributed by atoms with E-state index in [0.29, 0.717) is 11.1 Å². The van der Waals surface area contributed by atoms with Crippen molar-refractivity contribution in [2.45, 2.75) is 12.5 Å². The van der Waals surface area contributed by atoms with E-state index in [1.54, 1.807) is 12.4 Å². The maximum atomic E-state index is 6.00. The van der Waals surface area contributed by atoms with Crippen LogP contribution in [0.4, 0.5) is 5.69 Å². The van der Waals surface area contributed by atoms with Gasteiger partial charge in [0, 0.05) is 25.0 Å². The molecule has 0 saturated carbocycles. The third-order valence-corrected chi connectivity index (χ3v) is 2.82. The van der Waals surface area contributed by atoms with Gasteiger partial charge in [0.2, 0.25) is 0 Å². The van der Waals surface area contributed by atoms with E-state index in [4.69, 9.17) is 11.6 Å². The van der Waals surface area contributed by atoms with Gasteiger partial charge in [0.05, 0.1) is 10.7 Å². The van der Waals surface area contributed by atoms with Gasteiger partial charge in [-0.1, -0.05) is 11.6 Å². The molecule has 1 saturated heterocycles. The predicted octanol–water partition coefficient (Wildman–Crippen LogP) is 1.85. The molecule has 1 aromatic rings. The number of anilines is 1. The second-order valence-electron chi connectivity index (χ2n) is 3.75. The quantitative estimate of drug-likeness (QED) is 0.810. The normalized spacial score (nSPS) is 22.6. The average Bonchev–Trinajstić information content (AvgIpc) is 2.56. The van der Waals surface area contributed by atoms with Crippen molar-refractivity contribution in [3.63, 3.8) is 0 Å². The van der Waals surface area contributed by atoms with E-state index in [9.17, 15) is 0 Å². The number of likely N-dealkylation sites (N-methyl/N-ethyl adjacent to an activating group) is 1. The second kappa shape index (κ2) is 4.15. The zero-order valence-corrected chi connectivity index (χ0v) is 8.96. The Balaban J connectivity index is 2.01. The summed E-state index contributed by atoms with van der Waals surface area (Å²) in [7, 11) is 2.13. The molecule has 1 aliphatic rings. The fraction of sp³-hybridized carbons (Fsp3) is 0.500. The van der Waals surface area contributed by atoms with Gasteiger partial charge in [-0.05, 0) is 26.1 Å². The van der Waals surface area contributed by atoms with Crippen molar-refractivity contribution in [3.8, 4) is 0 Å². The monoisotopic (exact) mass is 211 g/mol. The first-order valence-electron chi connectivity index (χ1n) is 4.80. The maximum absolute atomic E-state index is 6.00. The Morgan fingerprint density at radius 2 is 2.50 bits per heavy atom. The topological polar surface area (TPSA) is 28.2 Å². The van der Waals surface area contributed by atoms with Crippen LogP contribution in [0.15, 0.2) is 18.5 Å². The molecule has 2 heterocycles. The molecular formula is C10H14ClN3. The first kappa shape index (κ1) is 9.74. The van der Waals surface area contributed by atoms with Crippen LogP contribution in [0.25, 0.3) is 0 Å². The van der Waals surface area contributed by atoms with Crippen LogP contribution in [0.2, 0.25) is 5.02 Å². The lowest BCUT2D eigenvalue weighted by molar-refractivity contribution is 0.414. The summed E-state index contributed by atoms with van der Waals surface area (Å²) < 4.78 is 0. The van der Waals surface area contributed by atoms with Gasteiger partial charge in [-0.25, -0.2) is 0 Å². The minimum absolute atomic E-state index is 0.514. The highest BCUT2D eigenvalue weighted by atomic mass is 35.5. The first-order valence-corrected chi connectivity index (χ1v) is 5.18. The lowest BCUT2D eigenvalue weighted by Gasteiger charge is -2.14. The van der Waals surface area contributed by atoms with E-state index in [-0.39, 0.29) is 0 Å². The molecule has 0 amide bonds. The lowest BCUT2D eigenvalue weighted by Crippen LogP contribution is -2.23. The van der Waals surface area contributed by atoms with Gasteiger partial charge < -0.3 is 10.2 Å². The SMILES string of the molecule is CN1CCC(Nc2ccncc2Cl)C1. The Bertz CT molecular complexity index is 316. The van der Waals surface area contributed by atoms with Crippen molar-refractivity contribution in [1.29, 1.82) is 0 Å². The molecule has 0 bridgehead atoms. The third kappa shape index (κ3) is 2.16. The molecule has 3 nitrogen and oxygen atoms in total. The van der Waals surface area contributed by atoms with E-state index in [0.717, 1.165) is 18.8 Å². The Hall–Kier alpha value is -0.800. The first-order chi connectivity index (χ1) is 6.75. The van der Waals surface area contributed by atoms with Crippen LogP contribution >= 0.6 is 11.6 Å². The summed E-state index contributed by atoms with van der Waals surface area (Å²) in [5, 5.41) is 4.12. The Morgan fingerprint density at radius 1 is 1.64 bits per heavy atom. The summed E-state index contributed by atoms with van der Waals surface area (Å²) in [6, 6.07) is 2.43. The van der Waals surface area contributed by atoms with Gasteiger partial charge in [0.15, 0.2) is 0 Å². The summed E-state index contributed by atoms with van der Waals surface area (Å²) >= 11 is 6.00. The number of pyridine rings is 1. The van der Waals surface area contributed by atoms with Crippen LogP contribution in [-0.2, 0) is 0 Å². The zero-order chi connectivity index (χ0) is 9.97. The summed E-state index contributed by atoms with van der Waals surface area (Å²) in [6.45, 7) is 2.24. The Labute approximate surface area is 89.1 Å². The largest absolute Gasteiger partial charge is 0.380 e. The number of nitrogens with zero attached hydrogens (tertiary/aromatic N) is 2. The van der Waals surface area contributed by atoms with E-state index >= 15 is 0 Å². The van der Waals surface area contributed by atoms with Crippen molar-refractivity contribution in [1.82, 2.24) is 9.88 Å². The number of rotatable bonds is 2. The molecule has 1 N–H and O–H groups in total. The highest BCUT2D eigenvalue weighted by Crippen LogP contribution is 2.22. The Morgan fingerprint density at radius 3 is 3.14 bits per heavy atom. The van der Waals surface area contributed by atoms with Crippen LogP contribution < -0.4 is 5.32 Å². The van der Waals surface area contributed by atoms with Crippen molar-refractivity contribution < 1.29 is 0 Å². The maximum Gasteiger partial charge on any atom is 0.0820 e. The van der Waals surface area contributed by atoms with Gasteiger partial charge in [-0.2, -0.15) is 0 Å². The molecule has 14 heavy (non-hydrogen) atoms. The molecule has 0 aromatic carbocycles. The fourth-order valence-corrected chi connectivity index (χ4v) is 1.94. The van der Waals surface area contributed by atoms with Crippen molar-refractivity contribution in [2.75, 3.05) is 25.5 Å². The minimum atomic E-state index is 0.514. The van der Waals surface area contributed by atoms with Crippen molar-refractivity contribution in [3.05, 3.63) is 23.5 Å². The van der Waals surface area contributed by atoms with E-state index in [2.05, 4.69) is 22.2 Å². The smallest absolute Gasteiger partial charge is 0.0820 e. The van der Waals surface area contributed by atoms with Crippen LogP contribution in [-0.4, -0.2) is 36.1 Å². The molecule has 1 aromatic heterocycles. The molecule has 76 valence electrons. The summed E-state index contributed by atoms with van der Waals surface area (Å²) in [5.41, 5.74) is 0.988. The summed E-state index contributed by atoms with van der Waals surface area (Å²) in [4.78, 5) is 6.26. The molecule has 1 aliphatic heterocycles. The van der Waals surface area contributed by atoms with Crippen molar-refractivity contribution >= 4 is 17.3 Å². The lowest BCUT2D eigenvalue weighted by atomic mass is 10.2. The van der Waals surface area contributed by atoms with Gasteiger partial charge in [-0.15, -0.1) is 0 Å². The molecule has 4 heteroatoms. The van der Waals surface area contributed by atoms with Crippen LogP contribution in [0, 0.1) is 0 Å². The number of aromatic nitrogens is 1.